The molecule has 0 bridgehead atoms. The summed E-state index contributed by atoms with van der Waals surface area (Å²) in [6, 6.07) is 12.1. The van der Waals surface area contributed by atoms with Crippen molar-refractivity contribution in [3.05, 3.63) is 70.3 Å². The number of hydrogen-bond acceptors (Lipinski definition) is 20. The number of carbonyl (C=O) groups is 7. The smallest absolute Gasteiger partial charge is 0.407 e. The Morgan fingerprint density at radius 1 is 0.361 bits per heavy atom. The highest BCUT2D eigenvalue weighted by molar-refractivity contribution is 6.00. The fraction of sp³-hybridized carbons (Fsp3) is 0.747. The average molecular weight is 1360 g/mol. The normalized spacial score (nSPS) is 19.7. The van der Waals surface area contributed by atoms with E-state index >= 15 is 0 Å². The number of ether oxygens (including phenoxy) is 13. The maximum atomic E-state index is 13.0. The average Bonchev–Trinajstić information content (AvgIpc) is 0.940. The zero-order valence-electron chi connectivity index (χ0n) is 60.2. The third-order valence-corrected chi connectivity index (χ3v) is 21.7. The Morgan fingerprint density at radius 3 is 0.866 bits per heavy atom. The Kier molecular flexibility index (Phi) is 28.6. The Bertz CT molecular complexity index is 2630. The number of rotatable bonds is 36. The number of benzene rings is 2. The van der Waals surface area contributed by atoms with E-state index < -0.39 is 41.2 Å². The molecule has 22 heteroatoms. The molecule has 0 atom stereocenters. The molecule has 6 heterocycles. The van der Waals surface area contributed by atoms with Crippen molar-refractivity contribution < 1.29 is 95.1 Å². The molecule has 2 amide bonds. The zero-order chi connectivity index (χ0) is 70.4. The lowest BCUT2D eigenvalue weighted by molar-refractivity contribution is -0.171. The molecule has 0 spiro atoms. The first kappa shape index (κ1) is 78.4. The number of hydrogen-bond donors (Lipinski definition) is 2. The second-order valence-electron chi connectivity index (χ2n) is 30.1. The van der Waals surface area contributed by atoms with Gasteiger partial charge in [0, 0.05) is 18.3 Å². The van der Waals surface area contributed by atoms with Gasteiger partial charge in [0.05, 0.1) is 146 Å². The Labute approximate surface area is 575 Å². The van der Waals surface area contributed by atoms with Crippen LogP contribution in [0.25, 0.3) is 0 Å². The number of amides is 2. The van der Waals surface area contributed by atoms with Crippen molar-refractivity contribution in [3.8, 4) is 0 Å². The lowest BCUT2D eigenvalue weighted by Gasteiger charge is -2.40. The van der Waals surface area contributed by atoms with Gasteiger partial charge in [-0.25, -0.2) is 24.0 Å². The van der Waals surface area contributed by atoms with Crippen LogP contribution in [0.15, 0.2) is 42.5 Å². The highest BCUT2D eigenvalue weighted by atomic mass is 16.6. The van der Waals surface area contributed by atoms with Gasteiger partial charge in [-0.1, -0.05) is 98.4 Å². The first-order chi connectivity index (χ1) is 46.2. The summed E-state index contributed by atoms with van der Waals surface area (Å²) in [5.41, 5.74) is 0.522. The number of nitrogens with one attached hydrogen (secondary N) is 2. The molecule has 0 unspecified atom stereocenters. The first-order valence-corrected chi connectivity index (χ1v) is 35.7. The summed E-state index contributed by atoms with van der Waals surface area (Å²) in [6.07, 6.45) is 14.3. The number of carbonyl (C=O) groups excluding carboxylic acids is 7. The highest BCUT2D eigenvalue weighted by Crippen LogP contribution is 2.44. The van der Waals surface area contributed by atoms with E-state index in [9.17, 15) is 33.6 Å². The van der Waals surface area contributed by atoms with Crippen molar-refractivity contribution in [1.29, 1.82) is 0 Å². The van der Waals surface area contributed by atoms with Crippen molar-refractivity contribution in [2.75, 3.05) is 126 Å². The molecule has 1 saturated carbocycles. The maximum Gasteiger partial charge on any atom is 0.407 e. The summed E-state index contributed by atoms with van der Waals surface area (Å²) in [5, 5.41) is 5.93. The first-order valence-electron chi connectivity index (χ1n) is 35.7. The molecule has 22 nitrogen and oxygen atoms in total. The monoisotopic (exact) mass is 1360 g/mol. The number of alkyl carbamates (subject to hydrolysis) is 2. The number of unbranched alkanes of at least 4 members (excludes halogenated alkanes) is 4. The summed E-state index contributed by atoms with van der Waals surface area (Å²) in [5.74, 6) is -1.97. The van der Waals surface area contributed by atoms with Crippen molar-refractivity contribution in [2.24, 2.45) is 37.9 Å². The topological polar surface area (TPSA) is 264 Å². The third kappa shape index (κ3) is 21.8. The summed E-state index contributed by atoms with van der Waals surface area (Å²) >= 11 is 0. The van der Waals surface area contributed by atoms with Crippen molar-refractivity contribution in [3.63, 3.8) is 0 Å². The molecular formula is C75H114N2O20. The minimum atomic E-state index is -0.670. The van der Waals surface area contributed by atoms with Gasteiger partial charge in [-0.05, 0) is 128 Å². The SMILES string of the molecule is CCC1(COC(=O)CCCCCCCC(=O)OCC2(CC)COC2)COC1.CCC1(COC(=O)NC(C)(C)c2cccc(C(C)(C)NC(=O)OCC3(CC)COC3)c2)COC1.CCC1(COC(=O)c2cc(C(=O)OCC3(CC)COC3)cc(C(=O)OCC3(CC)COC3)c2)CCC1. The van der Waals surface area contributed by atoms with E-state index in [-0.39, 0.29) is 79.7 Å². The highest BCUT2D eigenvalue weighted by Gasteiger charge is 2.44. The van der Waals surface area contributed by atoms with Crippen LogP contribution in [0.2, 0.25) is 0 Å². The summed E-state index contributed by atoms with van der Waals surface area (Å²) in [4.78, 5) is 87.5. The van der Waals surface area contributed by atoms with Gasteiger partial charge in [0.2, 0.25) is 0 Å². The van der Waals surface area contributed by atoms with Gasteiger partial charge in [-0.2, -0.15) is 0 Å². The molecule has 7 fully saturated rings. The lowest BCUT2D eigenvalue weighted by Crippen LogP contribution is -2.49. The van der Waals surface area contributed by atoms with Crippen LogP contribution in [0.3, 0.4) is 0 Å². The largest absolute Gasteiger partial charge is 0.465 e. The van der Waals surface area contributed by atoms with E-state index in [1.165, 1.54) is 18.2 Å². The molecule has 9 rings (SSSR count). The van der Waals surface area contributed by atoms with Crippen LogP contribution < -0.4 is 10.6 Å². The molecule has 1 aliphatic carbocycles. The summed E-state index contributed by atoms with van der Waals surface area (Å²) in [6.45, 7) is 32.1. The molecule has 0 aromatic heterocycles. The van der Waals surface area contributed by atoms with Crippen LogP contribution in [-0.2, 0) is 82.2 Å². The van der Waals surface area contributed by atoms with E-state index in [2.05, 4.69) is 45.3 Å². The molecule has 7 aliphatic rings. The van der Waals surface area contributed by atoms with Gasteiger partial charge in [-0.15, -0.1) is 0 Å². The van der Waals surface area contributed by atoms with E-state index in [1.807, 2.05) is 65.8 Å². The molecule has 97 heavy (non-hydrogen) atoms. The Balaban J connectivity index is 0.000000207. The van der Waals surface area contributed by atoms with E-state index in [0.717, 1.165) is 107 Å². The van der Waals surface area contributed by atoms with Crippen molar-refractivity contribution >= 4 is 42.0 Å². The quantitative estimate of drug-likeness (QED) is 0.0365. The van der Waals surface area contributed by atoms with Crippen molar-refractivity contribution in [2.45, 2.75) is 196 Å². The van der Waals surface area contributed by atoms with E-state index in [1.54, 1.807) is 0 Å². The van der Waals surface area contributed by atoms with E-state index in [4.69, 9.17) is 61.6 Å². The van der Waals surface area contributed by atoms with Crippen molar-refractivity contribution in [1.82, 2.24) is 10.6 Å². The molecule has 0 radical (unpaired) electrons. The summed E-state index contributed by atoms with van der Waals surface area (Å²) < 4.78 is 70.2. The predicted octanol–water partition coefficient (Wildman–Crippen LogP) is 12.7. The Hall–Kier alpha value is -5.91. The second-order valence-corrected chi connectivity index (χ2v) is 30.1. The lowest BCUT2D eigenvalue weighted by atomic mass is 9.68. The fourth-order valence-electron chi connectivity index (χ4n) is 12.0. The molecule has 2 N–H and O–H groups in total. The zero-order valence-corrected chi connectivity index (χ0v) is 60.2. The standard InChI is InChI=1S/C28H38O8.C26H40N2O6.C21H36O6/c1-4-26(8-7-9-26)17-34-23(29)20-10-21(24(30)35-18-27(5-2)13-32-14-27)12-22(11-20)25(31)36-19-28(6-3)15-33-16-28;1-7-25(13-31-14-25)17-33-21(29)27-23(3,4)19-10-9-11-20(12-19)24(5,6)28-22(30)34-18-26(8-2)15-32-16-26;1-3-20(12-24-13-20)16-26-18(22)10-8-6-5-7-9-11-19(23)27-17-21(4-2)14-25-15-21/h10-12H,4-9,13-19H2,1-3H3;9-12H,7-8,13-18H2,1-6H3,(H,27,29)(H,28,30);3-17H2,1-2H3. The fourth-order valence-corrected chi connectivity index (χ4v) is 12.0. The third-order valence-electron chi connectivity index (χ3n) is 21.7. The van der Waals surface area contributed by atoms with Gasteiger partial charge in [0.25, 0.3) is 0 Å². The van der Waals surface area contributed by atoms with Crippen LogP contribution >= 0.6 is 0 Å². The van der Waals surface area contributed by atoms with Gasteiger partial charge in [0.15, 0.2) is 0 Å². The molecule has 2 aromatic carbocycles. The maximum absolute atomic E-state index is 13.0. The molecule has 6 saturated heterocycles. The van der Waals surface area contributed by atoms with Gasteiger partial charge in [-0.3, -0.25) is 9.59 Å². The molecular weight excluding hydrogens is 1250 g/mol. The minimum Gasteiger partial charge on any atom is -0.465 e. The van der Waals surface area contributed by atoms with Crippen LogP contribution in [0.5, 0.6) is 0 Å². The van der Waals surface area contributed by atoms with Crippen LogP contribution in [0.4, 0.5) is 9.59 Å². The van der Waals surface area contributed by atoms with Crippen LogP contribution in [-0.4, -0.2) is 168 Å². The van der Waals surface area contributed by atoms with Crippen LogP contribution in [0, 0.1) is 37.9 Å². The summed E-state index contributed by atoms with van der Waals surface area (Å²) in [7, 11) is 0. The van der Waals surface area contributed by atoms with Gasteiger partial charge >= 0.3 is 42.0 Å². The van der Waals surface area contributed by atoms with E-state index in [0.29, 0.717) is 125 Å². The van der Waals surface area contributed by atoms with Gasteiger partial charge in [0.1, 0.15) is 39.6 Å². The molecule has 6 aliphatic heterocycles. The van der Waals surface area contributed by atoms with Gasteiger partial charge < -0.3 is 72.2 Å². The number of esters is 5. The van der Waals surface area contributed by atoms with Crippen LogP contribution in [0.1, 0.15) is 228 Å². The predicted molar refractivity (Wildman–Crippen MR) is 361 cm³/mol. The molecule has 544 valence electrons. The second kappa shape index (κ2) is 35.4. The molecule has 2 aromatic rings. The Morgan fingerprint density at radius 2 is 0.619 bits per heavy atom. The minimum absolute atomic E-state index is 0.0343.